The van der Waals surface area contributed by atoms with Gasteiger partial charge >= 0.3 is 0 Å². The first-order valence-corrected chi connectivity index (χ1v) is 8.13. The summed E-state index contributed by atoms with van der Waals surface area (Å²) in [5.74, 6) is 1.93. The fraction of sp³-hybridized carbons (Fsp3) is 0.250. The minimum absolute atomic E-state index is 0.0275. The van der Waals surface area contributed by atoms with Crippen molar-refractivity contribution in [2.75, 3.05) is 7.05 Å². The van der Waals surface area contributed by atoms with E-state index in [9.17, 15) is 4.79 Å². The van der Waals surface area contributed by atoms with Crippen molar-refractivity contribution in [1.29, 1.82) is 0 Å². The number of tetrazole rings is 1. The molecule has 0 atom stereocenters. The Hall–Kier alpha value is -2.48. The number of aryl methyl sites for hydroxylation is 1. The van der Waals surface area contributed by atoms with Gasteiger partial charge in [-0.15, -0.1) is 10.2 Å². The molecule has 0 aliphatic carbocycles. The second-order valence-corrected chi connectivity index (χ2v) is 6.33. The van der Waals surface area contributed by atoms with Gasteiger partial charge in [0.2, 0.25) is 11.7 Å². The van der Waals surface area contributed by atoms with Gasteiger partial charge in [0, 0.05) is 17.1 Å². The summed E-state index contributed by atoms with van der Waals surface area (Å²) < 4.78 is 6.45. The van der Waals surface area contributed by atoms with Crippen LogP contribution < -0.4 is 0 Å². The summed E-state index contributed by atoms with van der Waals surface area (Å²) in [4.78, 5) is 15.1. The molecule has 0 saturated heterocycles. The van der Waals surface area contributed by atoms with Gasteiger partial charge in [0.1, 0.15) is 18.1 Å². The number of carbonyl (C=O) groups is 1. The second kappa shape index (κ2) is 6.96. The number of amides is 1. The van der Waals surface area contributed by atoms with E-state index in [1.165, 1.54) is 4.80 Å². The number of nitrogens with zero attached hydrogens (tertiary/aromatic N) is 5. The van der Waals surface area contributed by atoms with Crippen molar-refractivity contribution in [3.8, 4) is 11.4 Å². The molecule has 0 bridgehead atoms. The summed E-state index contributed by atoms with van der Waals surface area (Å²) in [6.07, 6.45) is 0. The van der Waals surface area contributed by atoms with Crippen LogP contribution in [0.1, 0.15) is 11.5 Å². The van der Waals surface area contributed by atoms with E-state index >= 15 is 0 Å². The Balaban J connectivity index is 1.63. The Bertz CT molecular complexity index is 840. The van der Waals surface area contributed by atoms with Gasteiger partial charge < -0.3 is 9.32 Å². The first kappa shape index (κ1) is 16.4. The second-order valence-electron chi connectivity index (χ2n) is 5.41. The van der Waals surface area contributed by atoms with Crippen LogP contribution in [0.15, 0.2) is 45.3 Å². The van der Waals surface area contributed by atoms with E-state index in [2.05, 4.69) is 31.3 Å². The van der Waals surface area contributed by atoms with E-state index in [0.717, 1.165) is 21.6 Å². The third-order valence-corrected chi connectivity index (χ3v) is 3.98. The molecule has 2 heterocycles. The highest BCUT2D eigenvalue weighted by atomic mass is 79.9. The number of hydrogen-bond donors (Lipinski definition) is 0. The third kappa shape index (κ3) is 3.88. The number of benzene rings is 1. The summed E-state index contributed by atoms with van der Waals surface area (Å²) in [5.41, 5.74) is 0.844. The van der Waals surface area contributed by atoms with E-state index in [-0.39, 0.29) is 12.5 Å². The van der Waals surface area contributed by atoms with Gasteiger partial charge in [-0.25, -0.2) is 0 Å². The molecule has 7 nitrogen and oxygen atoms in total. The van der Waals surface area contributed by atoms with E-state index < -0.39 is 0 Å². The van der Waals surface area contributed by atoms with Crippen molar-refractivity contribution in [3.05, 3.63) is 52.4 Å². The maximum atomic E-state index is 12.3. The van der Waals surface area contributed by atoms with E-state index in [4.69, 9.17) is 4.42 Å². The number of rotatable bonds is 5. The van der Waals surface area contributed by atoms with Gasteiger partial charge in [0.05, 0.1) is 6.54 Å². The minimum Gasteiger partial charge on any atom is -0.464 e. The predicted molar refractivity (Wildman–Crippen MR) is 90.9 cm³/mol. The van der Waals surface area contributed by atoms with Gasteiger partial charge in [-0.1, -0.05) is 15.9 Å². The molecule has 0 spiro atoms. The van der Waals surface area contributed by atoms with Crippen LogP contribution in [0.3, 0.4) is 0 Å². The van der Waals surface area contributed by atoms with Crippen molar-refractivity contribution in [2.24, 2.45) is 0 Å². The van der Waals surface area contributed by atoms with Crippen molar-refractivity contribution >= 4 is 21.8 Å². The molecular formula is C16H16BrN5O2. The highest BCUT2D eigenvalue weighted by molar-refractivity contribution is 9.10. The Labute approximate surface area is 147 Å². The zero-order chi connectivity index (χ0) is 17.1. The van der Waals surface area contributed by atoms with E-state index in [0.29, 0.717) is 12.4 Å². The fourth-order valence-electron chi connectivity index (χ4n) is 2.16. The molecule has 0 saturated carbocycles. The summed E-state index contributed by atoms with van der Waals surface area (Å²) >= 11 is 3.38. The molecule has 8 heteroatoms. The van der Waals surface area contributed by atoms with Crippen LogP contribution in [0.4, 0.5) is 0 Å². The Kier molecular flexibility index (Phi) is 4.75. The van der Waals surface area contributed by atoms with Crippen LogP contribution in [0.2, 0.25) is 0 Å². The minimum atomic E-state index is -0.121. The molecule has 0 unspecified atom stereocenters. The predicted octanol–water partition coefficient (Wildman–Crippen LogP) is 2.66. The lowest BCUT2D eigenvalue weighted by atomic mass is 10.2. The zero-order valence-corrected chi connectivity index (χ0v) is 14.9. The van der Waals surface area contributed by atoms with Gasteiger partial charge in [-0.2, -0.15) is 4.80 Å². The first-order valence-electron chi connectivity index (χ1n) is 7.34. The highest BCUT2D eigenvalue weighted by Crippen LogP contribution is 2.17. The Morgan fingerprint density at radius 2 is 2.00 bits per heavy atom. The number of halogens is 1. The van der Waals surface area contributed by atoms with Crippen LogP contribution in [-0.4, -0.2) is 38.1 Å². The quantitative estimate of drug-likeness (QED) is 0.670. The maximum Gasteiger partial charge on any atom is 0.246 e. The molecule has 3 rings (SSSR count). The molecular weight excluding hydrogens is 374 g/mol. The van der Waals surface area contributed by atoms with Crippen LogP contribution in [0.25, 0.3) is 11.4 Å². The molecule has 3 aromatic rings. The number of likely N-dealkylation sites (N-methyl/N-ethyl adjacent to an activating group) is 1. The average Bonchev–Trinajstić information content (AvgIpc) is 3.17. The molecule has 0 fully saturated rings. The Morgan fingerprint density at radius 3 is 2.67 bits per heavy atom. The zero-order valence-electron chi connectivity index (χ0n) is 13.3. The number of furan rings is 1. The maximum absolute atomic E-state index is 12.3. The first-order chi connectivity index (χ1) is 11.5. The van der Waals surface area contributed by atoms with Gasteiger partial charge in [0.15, 0.2) is 0 Å². The lowest BCUT2D eigenvalue weighted by molar-refractivity contribution is -0.131. The van der Waals surface area contributed by atoms with Gasteiger partial charge in [-0.05, 0) is 48.5 Å². The van der Waals surface area contributed by atoms with Gasteiger partial charge in [-0.3, -0.25) is 4.79 Å². The molecule has 1 amide bonds. The summed E-state index contributed by atoms with van der Waals surface area (Å²) in [6, 6.07) is 11.3. The summed E-state index contributed by atoms with van der Waals surface area (Å²) in [5, 5.41) is 12.2. The van der Waals surface area contributed by atoms with Crippen molar-refractivity contribution in [2.45, 2.75) is 20.0 Å². The van der Waals surface area contributed by atoms with Crippen LogP contribution >= 0.6 is 15.9 Å². The molecule has 0 radical (unpaired) electrons. The third-order valence-electron chi connectivity index (χ3n) is 3.45. The van der Waals surface area contributed by atoms with Crippen molar-refractivity contribution in [1.82, 2.24) is 25.1 Å². The van der Waals surface area contributed by atoms with Crippen LogP contribution in [0.5, 0.6) is 0 Å². The SMILES string of the molecule is Cc1ccc(CN(C)C(=O)Cn2nnc(-c3ccc(Br)cc3)n2)o1. The average molecular weight is 390 g/mol. The molecule has 0 aliphatic rings. The number of aromatic nitrogens is 4. The van der Waals surface area contributed by atoms with E-state index in [1.807, 2.05) is 43.3 Å². The number of carbonyl (C=O) groups excluding carboxylic acids is 1. The van der Waals surface area contributed by atoms with Crippen LogP contribution in [-0.2, 0) is 17.9 Å². The monoisotopic (exact) mass is 389 g/mol. The molecule has 124 valence electrons. The molecule has 0 aliphatic heterocycles. The lowest BCUT2D eigenvalue weighted by Gasteiger charge is -2.14. The van der Waals surface area contributed by atoms with E-state index in [1.54, 1.807) is 11.9 Å². The summed E-state index contributed by atoms with van der Waals surface area (Å²) in [6.45, 7) is 2.30. The largest absolute Gasteiger partial charge is 0.464 e. The van der Waals surface area contributed by atoms with Crippen molar-refractivity contribution < 1.29 is 9.21 Å². The number of hydrogen-bond acceptors (Lipinski definition) is 5. The highest BCUT2D eigenvalue weighted by Gasteiger charge is 2.14. The molecule has 2 aromatic heterocycles. The smallest absolute Gasteiger partial charge is 0.246 e. The van der Waals surface area contributed by atoms with Gasteiger partial charge in [0.25, 0.3) is 0 Å². The fourth-order valence-corrected chi connectivity index (χ4v) is 2.42. The standard InChI is InChI=1S/C16H16BrN5O2/c1-11-3-8-14(24-11)9-21(2)15(23)10-22-19-16(18-20-22)12-4-6-13(17)7-5-12/h3-8H,9-10H2,1-2H3. The Morgan fingerprint density at radius 1 is 1.25 bits per heavy atom. The van der Waals surface area contributed by atoms with Crippen molar-refractivity contribution in [3.63, 3.8) is 0 Å². The molecule has 24 heavy (non-hydrogen) atoms. The molecule has 0 N–H and O–H groups in total. The topological polar surface area (TPSA) is 77.1 Å². The molecule has 1 aromatic carbocycles. The lowest BCUT2D eigenvalue weighted by Crippen LogP contribution is -2.30. The summed E-state index contributed by atoms with van der Waals surface area (Å²) in [7, 11) is 1.72. The van der Waals surface area contributed by atoms with Crippen LogP contribution in [0, 0.1) is 6.92 Å². The normalized spacial score (nSPS) is 10.8.